The van der Waals surface area contributed by atoms with E-state index in [-0.39, 0.29) is 5.91 Å². The van der Waals surface area contributed by atoms with Crippen molar-refractivity contribution in [2.45, 2.75) is 6.92 Å². The first-order valence-corrected chi connectivity index (χ1v) is 6.67. The number of pyridine rings is 1. The Bertz CT molecular complexity index is 802. The zero-order valence-corrected chi connectivity index (χ0v) is 11.6. The van der Waals surface area contributed by atoms with Gasteiger partial charge < -0.3 is 11.1 Å². The van der Waals surface area contributed by atoms with Gasteiger partial charge >= 0.3 is 0 Å². The average molecular weight is 277 g/mol. The Morgan fingerprint density at radius 3 is 2.71 bits per heavy atom. The predicted octanol–water partition coefficient (Wildman–Crippen LogP) is 3.38. The molecule has 4 heteroatoms. The van der Waals surface area contributed by atoms with E-state index in [0.717, 1.165) is 16.3 Å². The molecule has 3 N–H and O–H groups in total. The number of anilines is 2. The normalized spacial score (nSPS) is 10.5. The van der Waals surface area contributed by atoms with Gasteiger partial charge in [-0.2, -0.15) is 0 Å². The monoisotopic (exact) mass is 277 g/mol. The third kappa shape index (κ3) is 2.43. The largest absolute Gasteiger partial charge is 0.397 e. The number of nitrogen functional groups attached to an aromatic ring is 1. The molecule has 0 fully saturated rings. The van der Waals surface area contributed by atoms with Crippen molar-refractivity contribution in [2.24, 2.45) is 0 Å². The smallest absolute Gasteiger partial charge is 0.274 e. The summed E-state index contributed by atoms with van der Waals surface area (Å²) >= 11 is 0. The second-order valence-corrected chi connectivity index (χ2v) is 4.87. The molecular formula is C17H15N3O. The lowest BCUT2D eigenvalue weighted by Crippen LogP contribution is -2.16. The highest BCUT2D eigenvalue weighted by molar-refractivity contribution is 6.12. The zero-order chi connectivity index (χ0) is 14.8. The van der Waals surface area contributed by atoms with Crippen molar-refractivity contribution in [1.82, 2.24) is 4.98 Å². The van der Waals surface area contributed by atoms with E-state index in [9.17, 15) is 4.79 Å². The van der Waals surface area contributed by atoms with E-state index in [1.165, 1.54) is 0 Å². The molecule has 0 aliphatic heterocycles. The lowest BCUT2D eigenvalue weighted by atomic mass is 10.1. The van der Waals surface area contributed by atoms with Crippen LogP contribution in [0.3, 0.4) is 0 Å². The molecule has 0 aliphatic carbocycles. The number of rotatable bonds is 2. The van der Waals surface area contributed by atoms with Gasteiger partial charge in [0.1, 0.15) is 5.69 Å². The fourth-order valence-electron chi connectivity index (χ4n) is 2.33. The first kappa shape index (κ1) is 13.1. The summed E-state index contributed by atoms with van der Waals surface area (Å²) in [6.45, 7) is 1.91. The van der Waals surface area contributed by atoms with Crippen LogP contribution in [0.25, 0.3) is 10.8 Å². The fraction of sp³-hybridized carbons (Fsp3) is 0.0588. The molecule has 0 atom stereocenters. The standard InChI is InChI=1S/C17H15N3O/c1-11-5-4-8-14(18)15(11)20-17(21)16-13-7-3-2-6-12(13)9-10-19-16/h2-10H,18H2,1H3,(H,20,21). The van der Waals surface area contributed by atoms with Crippen LogP contribution in [0.5, 0.6) is 0 Å². The molecular weight excluding hydrogens is 262 g/mol. The van der Waals surface area contributed by atoms with Gasteiger partial charge in [0.25, 0.3) is 5.91 Å². The molecule has 0 saturated carbocycles. The molecule has 2 aromatic carbocycles. The van der Waals surface area contributed by atoms with Crippen LogP contribution in [0.1, 0.15) is 16.1 Å². The summed E-state index contributed by atoms with van der Waals surface area (Å²) in [5.41, 5.74) is 8.43. The van der Waals surface area contributed by atoms with Gasteiger partial charge in [0.05, 0.1) is 11.4 Å². The van der Waals surface area contributed by atoms with E-state index in [1.54, 1.807) is 12.3 Å². The number of para-hydroxylation sites is 1. The van der Waals surface area contributed by atoms with Crippen molar-refractivity contribution in [1.29, 1.82) is 0 Å². The van der Waals surface area contributed by atoms with E-state index < -0.39 is 0 Å². The number of aryl methyl sites for hydroxylation is 1. The number of aromatic nitrogens is 1. The first-order chi connectivity index (χ1) is 10.2. The Morgan fingerprint density at radius 2 is 1.90 bits per heavy atom. The van der Waals surface area contributed by atoms with E-state index in [0.29, 0.717) is 17.1 Å². The third-order valence-corrected chi connectivity index (χ3v) is 3.43. The molecule has 0 spiro atoms. The molecule has 0 unspecified atom stereocenters. The summed E-state index contributed by atoms with van der Waals surface area (Å²) in [7, 11) is 0. The summed E-state index contributed by atoms with van der Waals surface area (Å²) in [6, 6.07) is 15.1. The lowest BCUT2D eigenvalue weighted by Gasteiger charge is -2.11. The Kier molecular flexibility index (Phi) is 3.28. The molecule has 1 amide bonds. The molecule has 0 aliphatic rings. The molecule has 1 heterocycles. The number of nitrogens with one attached hydrogen (secondary N) is 1. The highest BCUT2D eigenvalue weighted by Crippen LogP contribution is 2.24. The number of nitrogens with zero attached hydrogens (tertiary/aromatic N) is 1. The highest BCUT2D eigenvalue weighted by atomic mass is 16.1. The van der Waals surface area contributed by atoms with E-state index in [1.807, 2.05) is 49.4 Å². The number of carbonyl (C=O) groups is 1. The molecule has 0 saturated heterocycles. The van der Waals surface area contributed by atoms with E-state index in [4.69, 9.17) is 5.73 Å². The number of hydrogen-bond donors (Lipinski definition) is 2. The number of carbonyl (C=O) groups excluding carboxylic acids is 1. The van der Waals surface area contributed by atoms with Gasteiger partial charge in [-0.15, -0.1) is 0 Å². The minimum absolute atomic E-state index is 0.257. The maximum atomic E-state index is 12.5. The average Bonchev–Trinajstić information content (AvgIpc) is 2.50. The van der Waals surface area contributed by atoms with Crippen LogP contribution in [-0.2, 0) is 0 Å². The highest BCUT2D eigenvalue weighted by Gasteiger charge is 2.13. The van der Waals surface area contributed by atoms with Crippen molar-refractivity contribution in [3.63, 3.8) is 0 Å². The predicted molar refractivity (Wildman–Crippen MR) is 85.3 cm³/mol. The van der Waals surface area contributed by atoms with Gasteiger partial charge in [-0.1, -0.05) is 36.4 Å². The van der Waals surface area contributed by atoms with Crippen LogP contribution in [0.2, 0.25) is 0 Å². The van der Waals surface area contributed by atoms with Crippen LogP contribution in [0, 0.1) is 6.92 Å². The molecule has 3 aromatic rings. The molecule has 0 radical (unpaired) electrons. The van der Waals surface area contributed by atoms with Crippen molar-refractivity contribution >= 4 is 28.1 Å². The molecule has 1 aromatic heterocycles. The summed E-state index contributed by atoms with van der Waals surface area (Å²) < 4.78 is 0. The van der Waals surface area contributed by atoms with Gasteiger partial charge in [-0.25, -0.2) is 0 Å². The number of nitrogens with two attached hydrogens (primary N) is 1. The van der Waals surface area contributed by atoms with Crippen LogP contribution in [0.4, 0.5) is 11.4 Å². The summed E-state index contributed by atoms with van der Waals surface area (Å²) in [5.74, 6) is -0.257. The van der Waals surface area contributed by atoms with Gasteiger partial charge in [-0.3, -0.25) is 9.78 Å². The van der Waals surface area contributed by atoms with Crippen LogP contribution < -0.4 is 11.1 Å². The Labute approximate surface area is 122 Å². The Hall–Kier alpha value is -2.88. The number of amides is 1. The minimum Gasteiger partial charge on any atom is -0.397 e. The number of benzene rings is 2. The fourth-order valence-corrected chi connectivity index (χ4v) is 2.33. The molecule has 0 bridgehead atoms. The van der Waals surface area contributed by atoms with Crippen LogP contribution in [0.15, 0.2) is 54.7 Å². The van der Waals surface area contributed by atoms with E-state index in [2.05, 4.69) is 10.3 Å². The van der Waals surface area contributed by atoms with Crippen molar-refractivity contribution < 1.29 is 4.79 Å². The molecule has 21 heavy (non-hydrogen) atoms. The molecule has 104 valence electrons. The van der Waals surface area contributed by atoms with Gasteiger partial charge in [0.2, 0.25) is 0 Å². The van der Waals surface area contributed by atoms with E-state index >= 15 is 0 Å². The lowest BCUT2D eigenvalue weighted by molar-refractivity contribution is 0.102. The zero-order valence-electron chi connectivity index (χ0n) is 11.6. The molecule has 3 rings (SSSR count). The SMILES string of the molecule is Cc1cccc(N)c1NC(=O)c1nccc2ccccc12. The van der Waals surface area contributed by atoms with Crippen molar-refractivity contribution in [3.05, 3.63) is 66.0 Å². The number of hydrogen-bond acceptors (Lipinski definition) is 3. The van der Waals surface area contributed by atoms with Gasteiger partial charge in [-0.05, 0) is 30.0 Å². The number of fused-ring (bicyclic) bond motifs is 1. The Morgan fingerprint density at radius 1 is 1.10 bits per heavy atom. The van der Waals surface area contributed by atoms with Crippen LogP contribution >= 0.6 is 0 Å². The summed E-state index contributed by atoms with van der Waals surface area (Å²) in [6.07, 6.45) is 1.64. The van der Waals surface area contributed by atoms with Crippen molar-refractivity contribution in [3.8, 4) is 0 Å². The van der Waals surface area contributed by atoms with Gasteiger partial charge in [0, 0.05) is 11.6 Å². The van der Waals surface area contributed by atoms with Gasteiger partial charge in [0.15, 0.2) is 0 Å². The first-order valence-electron chi connectivity index (χ1n) is 6.67. The third-order valence-electron chi connectivity index (χ3n) is 3.43. The second kappa shape index (κ2) is 5.25. The topological polar surface area (TPSA) is 68.0 Å². The maximum Gasteiger partial charge on any atom is 0.274 e. The summed E-state index contributed by atoms with van der Waals surface area (Å²) in [4.78, 5) is 16.7. The van der Waals surface area contributed by atoms with Crippen LogP contribution in [-0.4, -0.2) is 10.9 Å². The minimum atomic E-state index is -0.257. The maximum absolute atomic E-state index is 12.5. The molecule has 4 nitrogen and oxygen atoms in total. The summed E-state index contributed by atoms with van der Waals surface area (Å²) in [5, 5.41) is 4.67. The second-order valence-electron chi connectivity index (χ2n) is 4.87. The van der Waals surface area contributed by atoms with Crippen molar-refractivity contribution in [2.75, 3.05) is 11.1 Å². The Balaban J connectivity index is 2.02. The quantitative estimate of drug-likeness (QED) is 0.706.